The maximum atomic E-state index is 13.0. The van der Waals surface area contributed by atoms with Gasteiger partial charge in [0.05, 0.1) is 0 Å². The van der Waals surface area contributed by atoms with Gasteiger partial charge in [0.15, 0.2) is 5.01 Å². The van der Waals surface area contributed by atoms with E-state index in [1.165, 1.54) is 35.6 Å². The Hall–Kier alpha value is -3.20. The zero-order chi connectivity index (χ0) is 20.1. The molecule has 3 rings (SSSR count). The van der Waals surface area contributed by atoms with Gasteiger partial charge in [0.25, 0.3) is 5.91 Å². The maximum absolute atomic E-state index is 13.0. The van der Waals surface area contributed by atoms with Crippen LogP contribution in [0.25, 0.3) is 10.7 Å². The van der Waals surface area contributed by atoms with Gasteiger partial charge in [0.2, 0.25) is 11.0 Å². The van der Waals surface area contributed by atoms with E-state index in [0.717, 1.165) is 0 Å². The maximum Gasteiger partial charge on any atom is 0.251 e. The van der Waals surface area contributed by atoms with E-state index >= 15 is 0 Å². The summed E-state index contributed by atoms with van der Waals surface area (Å²) in [6.45, 7) is 3.63. The molecule has 2 aromatic heterocycles. The first-order valence-electron chi connectivity index (χ1n) is 8.56. The quantitative estimate of drug-likeness (QED) is 0.664. The van der Waals surface area contributed by atoms with Crippen LogP contribution in [-0.4, -0.2) is 33.0 Å². The van der Waals surface area contributed by atoms with E-state index in [4.69, 9.17) is 0 Å². The van der Waals surface area contributed by atoms with Crippen molar-refractivity contribution in [3.63, 3.8) is 0 Å². The van der Waals surface area contributed by atoms with Crippen LogP contribution in [0.15, 0.2) is 48.7 Å². The molecule has 0 aliphatic heterocycles. The third-order valence-electron chi connectivity index (χ3n) is 3.88. The summed E-state index contributed by atoms with van der Waals surface area (Å²) < 4.78 is 13.0. The molecule has 1 aromatic carbocycles. The lowest BCUT2D eigenvalue weighted by Gasteiger charge is -2.21. The topological polar surface area (TPSA) is 96.9 Å². The molecule has 1 atom stereocenters. The highest BCUT2D eigenvalue weighted by Crippen LogP contribution is 2.24. The molecule has 0 saturated carbocycles. The molecule has 2 amide bonds. The lowest BCUT2D eigenvalue weighted by molar-refractivity contribution is -0.118. The van der Waals surface area contributed by atoms with E-state index in [-0.39, 0.29) is 11.5 Å². The number of nitrogens with one attached hydrogen (secondary N) is 2. The molecular weight excluding hydrogens is 381 g/mol. The Balaban J connectivity index is 1.69. The number of nitrogens with zero attached hydrogens (tertiary/aromatic N) is 3. The van der Waals surface area contributed by atoms with E-state index in [0.29, 0.717) is 15.8 Å². The Bertz CT molecular complexity index is 960. The number of benzene rings is 1. The van der Waals surface area contributed by atoms with Gasteiger partial charge in [-0.3, -0.25) is 19.9 Å². The lowest BCUT2D eigenvalue weighted by atomic mass is 10.0. The smallest absolute Gasteiger partial charge is 0.251 e. The van der Waals surface area contributed by atoms with Crippen molar-refractivity contribution in [2.75, 3.05) is 5.32 Å². The minimum Gasteiger partial charge on any atom is -0.340 e. The molecule has 28 heavy (non-hydrogen) atoms. The van der Waals surface area contributed by atoms with E-state index in [9.17, 15) is 14.0 Å². The number of pyridine rings is 1. The standard InChI is InChI=1S/C19H18FN5O2S/c1-11(2)15(22-16(26)12-6-8-13(20)9-7-12)17(27)23-19-25-24-18(28-19)14-5-3-4-10-21-14/h3-11,15H,1-2H3,(H,22,26)(H,23,25,27). The van der Waals surface area contributed by atoms with Gasteiger partial charge < -0.3 is 5.32 Å². The molecular formula is C19H18FN5O2S. The van der Waals surface area contributed by atoms with Crippen LogP contribution in [0.2, 0.25) is 0 Å². The number of rotatable bonds is 6. The monoisotopic (exact) mass is 399 g/mol. The first kappa shape index (κ1) is 19.6. The van der Waals surface area contributed by atoms with Crippen molar-refractivity contribution in [3.05, 3.63) is 60.0 Å². The molecule has 0 aliphatic rings. The number of carbonyl (C=O) groups excluding carboxylic acids is 2. The Morgan fingerprint density at radius 2 is 1.82 bits per heavy atom. The second-order valence-corrected chi connectivity index (χ2v) is 7.30. The molecule has 1 unspecified atom stereocenters. The number of amides is 2. The van der Waals surface area contributed by atoms with Gasteiger partial charge in [-0.15, -0.1) is 10.2 Å². The predicted molar refractivity (Wildman–Crippen MR) is 104 cm³/mol. The zero-order valence-electron chi connectivity index (χ0n) is 15.2. The van der Waals surface area contributed by atoms with Crippen molar-refractivity contribution in [3.8, 4) is 10.7 Å². The predicted octanol–water partition coefficient (Wildman–Crippen LogP) is 3.13. The second-order valence-electron chi connectivity index (χ2n) is 6.32. The van der Waals surface area contributed by atoms with Crippen LogP contribution in [0.4, 0.5) is 9.52 Å². The van der Waals surface area contributed by atoms with Crippen molar-refractivity contribution in [2.24, 2.45) is 5.92 Å². The Morgan fingerprint density at radius 3 is 2.46 bits per heavy atom. The van der Waals surface area contributed by atoms with Gasteiger partial charge in [-0.25, -0.2) is 4.39 Å². The number of hydrogen-bond acceptors (Lipinski definition) is 6. The molecule has 0 bridgehead atoms. The minimum atomic E-state index is -0.792. The Kier molecular flexibility index (Phi) is 6.05. The molecule has 144 valence electrons. The summed E-state index contributed by atoms with van der Waals surface area (Å²) in [6, 6.07) is 9.75. The summed E-state index contributed by atoms with van der Waals surface area (Å²) in [7, 11) is 0. The number of halogens is 1. The van der Waals surface area contributed by atoms with Crippen LogP contribution in [0.3, 0.4) is 0 Å². The Morgan fingerprint density at radius 1 is 1.07 bits per heavy atom. The zero-order valence-corrected chi connectivity index (χ0v) is 16.0. The van der Waals surface area contributed by atoms with Gasteiger partial charge in [-0.2, -0.15) is 0 Å². The van der Waals surface area contributed by atoms with E-state index < -0.39 is 23.7 Å². The van der Waals surface area contributed by atoms with Crippen LogP contribution in [0.5, 0.6) is 0 Å². The normalized spacial score (nSPS) is 11.9. The van der Waals surface area contributed by atoms with Gasteiger partial charge in [0.1, 0.15) is 17.6 Å². The summed E-state index contributed by atoms with van der Waals surface area (Å²) in [5.41, 5.74) is 0.929. The molecule has 2 heterocycles. The fraction of sp³-hybridized carbons (Fsp3) is 0.211. The summed E-state index contributed by atoms with van der Waals surface area (Å²) in [4.78, 5) is 29.2. The molecule has 0 aliphatic carbocycles. The minimum absolute atomic E-state index is 0.174. The largest absolute Gasteiger partial charge is 0.340 e. The molecule has 9 heteroatoms. The number of hydrogen-bond donors (Lipinski definition) is 2. The first-order chi connectivity index (χ1) is 13.4. The van der Waals surface area contributed by atoms with Gasteiger partial charge in [-0.05, 0) is 42.3 Å². The average molecular weight is 399 g/mol. The SMILES string of the molecule is CC(C)C(NC(=O)c1ccc(F)cc1)C(=O)Nc1nnc(-c2ccccn2)s1. The molecule has 0 spiro atoms. The van der Waals surface area contributed by atoms with Crippen molar-refractivity contribution >= 4 is 28.3 Å². The summed E-state index contributed by atoms with van der Waals surface area (Å²) in [6.07, 6.45) is 1.65. The van der Waals surface area contributed by atoms with Crippen molar-refractivity contribution in [1.29, 1.82) is 0 Å². The molecule has 3 aromatic rings. The highest BCUT2D eigenvalue weighted by Gasteiger charge is 2.26. The third-order valence-corrected chi connectivity index (χ3v) is 4.74. The van der Waals surface area contributed by atoms with Crippen molar-refractivity contribution in [1.82, 2.24) is 20.5 Å². The molecule has 2 N–H and O–H groups in total. The van der Waals surface area contributed by atoms with Crippen LogP contribution in [0, 0.1) is 11.7 Å². The Labute approximate surface area is 165 Å². The summed E-state index contributed by atoms with van der Waals surface area (Å²) in [5, 5.41) is 14.2. The fourth-order valence-corrected chi connectivity index (χ4v) is 3.13. The average Bonchev–Trinajstić information content (AvgIpc) is 3.15. The highest BCUT2D eigenvalue weighted by atomic mass is 32.1. The van der Waals surface area contributed by atoms with Crippen LogP contribution < -0.4 is 10.6 Å². The van der Waals surface area contributed by atoms with Crippen LogP contribution in [-0.2, 0) is 4.79 Å². The third kappa shape index (κ3) is 4.74. The van der Waals surface area contributed by atoms with Crippen molar-refractivity contribution < 1.29 is 14.0 Å². The lowest BCUT2D eigenvalue weighted by Crippen LogP contribution is -2.47. The molecule has 0 radical (unpaired) electrons. The van der Waals surface area contributed by atoms with Gasteiger partial charge in [0, 0.05) is 11.8 Å². The van der Waals surface area contributed by atoms with Gasteiger partial charge in [-0.1, -0.05) is 31.3 Å². The highest BCUT2D eigenvalue weighted by molar-refractivity contribution is 7.18. The van der Waals surface area contributed by atoms with E-state index in [1.807, 2.05) is 19.9 Å². The second kappa shape index (κ2) is 8.66. The number of anilines is 1. The first-order valence-corrected chi connectivity index (χ1v) is 9.38. The van der Waals surface area contributed by atoms with Crippen molar-refractivity contribution in [2.45, 2.75) is 19.9 Å². The molecule has 0 fully saturated rings. The summed E-state index contributed by atoms with van der Waals surface area (Å²) in [5.74, 6) is -1.48. The summed E-state index contributed by atoms with van der Waals surface area (Å²) >= 11 is 1.19. The number of carbonyl (C=O) groups is 2. The van der Waals surface area contributed by atoms with Gasteiger partial charge >= 0.3 is 0 Å². The van der Waals surface area contributed by atoms with Crippen LogP contribution in [0.1, 0.15) is 24.2 Å². The number of aromatic nitrogens is 3. The van der Waals surface area contributed by atoms with E-state index in [1.54, 1.807) is 18.3 Å². The molecule has 0 saturated heterocycles. The van der Waals surface area contributed by atoms with Crippen LogP contribution >= 0.6 is 11.3 Å². The fourth-order valence-electron chi connectivity index (χ4n) is 2.41. The van der Waals surface area contributed by atoms with E-state index in [2.05, 4.69) is 25.8 Å². The molecule has 7 nitrogen and oxygen atoms in total.